The molecule has 0 bridgehead atoms. The van der Waals surface area contributed by atoms with Crippen LogP contribution in [0.4, 0.5) is 0 Å². The fourth-order valence-corrected chi connectivity index (χ4v) is 2.40. The van der Waals surface area contributed by atoms with Crippen molar-refractivity contribution in [3.8, 4) is 5.75 Å². The number of phenolic OH excluding ortho intramolecular Hbond substituents is 1. The Bertz CT molecular complexity index is 550. The first-order chi connectivity index (χ1) is 8.84. The molecule has 1 saturated heterocycles. The van der Waals surface area contributed by atoms with E-state index >= 15 is 0 Å². The number of hydrogen-bond donors (Lipinski definition) is 1. The summed E-state index contributed by atoms with van der Waals surface area (Å²) in [6.07, 6.45) is 1.71. The Morgan fingerprint density at radius 2 is 2.06 bits per heavy atom. The predicted octanol–water partition coefficient (Wildman–Crippen LogP) is 2.13. The summed E-state index contributed by atoms with van der Waals surface area (Å²) in [4.78, 5) is 6.64. The van der Waals surface area contributed by atoms with Gasteiger partial charge in [-0.15, -0.1) is 13.1 Å². The summed E-state index contributed by atoms with van der Waals surface area (Å²) in [5.41, 5.74) is 1.91. The van der Waals surface area contributed by atoms with Crippen molar-refractivity contribution in [3.63, 3.8) is 0 Å². The minimum Gasteiger partial charge on any atom is -0.660 e. The summed E-state index contributed by atoms with van der Waals surface area (Å²) in [5, 5.41) is 15.2. The van der Waals surface area contributed by atoms with E-state index in [1.54, 1.807) is 12.3 Å². The third-order valence-electron chi connectivity index (χ3n) is 3.38. The van der Waals surface area contributed by atoms with E-state index in [4.69, 9.17) is 0 Å². The molecular formula is C14H16N3O-. The predicted molar refractivity (Wildman–Crippen MR) is 71.8 cm³/mol. The van der Waals surface area contributed by atoms with Gasteiger partial charge in [0.05, 0.1) is 0 Å². The van der Waals surface area contributed by atoms with Gasteiger partial charge in [-0.3, -0.25) is 4.98 Å². The molecule has 18 heavy (non-hydrogen) atoms. The van der Waals surface area contributed by atoms with Crippen LogP contribution < -0.4 is 0 Å². The number of benzene rings is 1. The summed E-state index contributed by atoms with van der Waals surface area (Å²) in [6.45, 7) is 4.78. The fourth-order valence-electron chi connectivity index (χ4n) is 2.40. The molecule has 1 aliphatic heterocycles. The monoisotopic (exact) mass is 242 g/mol. The molecule has 0 amide bonds. The Morgan fingerprint density at radius 3 is 2.89 bits per heavy atom. The van der Waals surface area contributed by atoms with E-state index in [-0.39, 0.29) is 5.75 Å². The van der Waals surface area contributed by atoms with Crippen molar-refractivity contribution >= 4 is 10.9 Å². The number of piperazine rings is 1. The average Bonchev–Trinajstić information content (AvgIpc) is 2.44. The van der Waals surface area contributed by atoms with E-state index in [2.05, 4.69) is 15.2 Å². The van der Waals surface area contributed by atoms with E-state index < -0.39 is 0 Å². The second-order valence-corrected chi connectivity index (χ2v) is 4.59. The van der Waals surface area contributed by atoms with E-state index in [1.165, 1.54) is 5.56 Å². The summed E-state index contributed by atoms with van der Waals surface area (Å²) in [6, 6.07) is 7.66. The van der Waals surface area contributed by atoms with Gasteiger partial charge in [0.25, 0.3) is 0 Å². The van der Waals surface area contributed by atoms with Crippen LogP contribution in [0, 0.1) is 0 Å². The van der Waals surface area contributed by atoms with Crippen molar-refractivity contribution < 1.29 is 5.11 Å². The molecule has 0 aliphatic carbocycles. The minimum absolute atomic E-state index is 0.253. The van der Waals surface area contributed by atoms with Crippen LogP contribution >= 0.6 is 0 Å². The number of aromatic hydroxyl groups is 1. The van der Waals surface area contributed by atoms with Gasteiger partial charge in [-0.2, -0.15) is 0 Å². The Morgan fingerprint density at radius 1 is 1.22 bits per heavy atom. The number of phenols is 1. The van der Waals surface area contributed by atoms with E-state index in [9.17, 15) is 5.11 Å². The Kier molecular flexibility index (Phi) is 3.13. The molecule has 1 N–H and O–H groups in total. The van der Waals surface area contributed by atoms with Gasteiger partial charge in [-0.25, -0.2) is 0 Å². The third kappa shape index (κ3) is 2.17. The van der Waals surface area contributed by atoms with Gasteiger partial charge in [0.15, 0.2) is 0 Å². The van der Waals surface area contributed by atoms with Crippen LogP contribution in [0.3, 0.4) is 0 Å². The largest absolute Gasteiger partial charge is 0.660 e. The smallest absolute Gasteiger partial charge is 0.141 e. The number of fused-ring (bicyclic) bond motifs is 1. The zero-order chi connectivity index (χ0) is 12.4. The normalized spacial score (nSPS) is 17.1. The molecule has 0 saturated carbocycles. The lowest BCUT2D eigenvalue weighted by Crippen LogP contribution is -2.33. The van der Waals surface area contributed by atoms with Crippen LogP contribution in [0.15, 0.2) is 30.5 Å². The molecule has 2 aromatic rings. The summed E-state index contributed by atoms with van der Waals surface area (Å²) >= 11 is 0. The number of rotatable bonds is 2. The molecule has 4 nitrogen and oxygen atoms in total. The second-order valence-electron chi connectivity index (χ2n) is 4.59. The van der Waals surface area contributed by atoms with Gasteiger partial charge in [0.1, 0.15) is 11.3 Å². The lowest BCUT2D eigenvalue weighted by atomic mass is 10.1. The average molecular weight is 242 g/mol. The van der Waals surface area contributed by atoms with Gasteiger partial charge in [0.2, 0.25) is 0 Å². The van der Waals surface area contributed by atoms with Crippen LogP contribution in [-0.2, 0) is 6.54 Å². The van der Waals surface area contributed by atoms with E-state index in [0.29, 0.717) is 5.52 Å². The number of aromatic nitrogens is 1. The van der Waals surface area contributed by atoms with Gasteiger partial charge in [0, 0.05) is 18.1 Å². The zero-order valence-corrected chi connectivity index (χ0v) is 10.2. The Hall–Kier alpha value is -1.65. The van der Waals surface area contributed by atoms with Gasteiger partial charge < -0.3 is 15.3 Å². The summed E-state index contributed by atoms with van der Waals surface area (Å²) in [7, 11) is 0. The quantitative estimate of drug-likeness (QED) is 0.877. The molecule has 1 aromatic heterocycles. The molecule has 0 atom stereocenters. The van der Waals surface area contributed by atoms with Gasteiger partial charge in [-0.05, 0) is 30.8 Å². The van der Waals surface area contributed by atoms with E-state index in [0.717, 1.165) is 38.1 Å². The van der Waals surface area contributed by atoms with Crippen LogP contribution in [0.1, 0.15) is 5.56 Å². The highest BCUT2D eigenvalue weighted by Crippen LogP contribution is 2.26. The maximum absolute atomic E-state index is 9.81. The maximum atomic E-state index is 9.81. The molecule has 0 radical (unpaired) electrons. The molecule has 94 valence electrons. The van der Waals surface area contributed by atoms with Crippen molar-refractivity contribution in [1.82, 2.24) is 9.88 Å². The van der Waals surface area contributed by atoms with Crippen molar-refractivity contribution in [2.24, 2.45) is 0 Å². The first kappa shape index (κ1) is 11.4. The van der Waals surface area contributed by atoms with E-state index in [1.807, 2.05) is 18.2 Å². The summed E-state index contributed by atoms with van der Waals surface area (Å²) < 4.78 is 0. The number of nitrogens with zero attached hydrogens (tertiary/aromatic N) is 3. The lowest BCUT2D eigenvalue weighted by Gasteiger charge is -2.35. The van der Waals surface area contributed by atoms with Gasteiger partial charge >= 0.3 is 0 Å². The topological polar surface area (TPSA) is 50.5 Å². The number of hydrogen-bond acceptors (Lipinski definition) is 3. The SMILES string of the molecule is Oc1ccc(CN2CC[N-]CC2)c2cccnc12. The molecule has 1 fully saturated rings. The molecule has 0 unspecified atom stereocenters. The minimum atomic E-state index is 0.253. The molecular weight excluding hydrogens is 226 g/mol. The fraction of sp³-hybridized carbons (Fsp3) is 0.357. The van der Waals surface area contributed by atoms with Crippen molar-refractivity contribution in [1.29, 1.82) is 0 Å². The Balaban J connectivity index is 1.94. The molecule has 1 aromatic carbocycles. The highest BCUT2D eigenvalue weighted by molar-refractivity contribution is 5.87. The van der Waals surface area contributed by atoms with Crippen molar-refractivity contribution in [2.75, 3.05) is 26.2 Å². The second kappa shape index (κ2) is 4.92. The van der Waals surface area contributed by atoms with Crippen LogP contribution in [0.2, 0.25) is 0 Å². The molecule has 3 rings (SSSR count). The lowest BCUT2D eigenvalue weighted by molar-refractivity contribution is 0.271. The maximum Gasteiger partial charge on any atom is 0.141 e. The molecule has 4 heteroatoms. The molecule has 1 aliphatic rings. The van der Waals surface area contributed by atoms with Crippen molar-refractivity contribution in [2.45, 2.75) is 6.54 Å². The van der Waals surface area contributed by atoms with Crippen LogP contribution in [0.25, 0.3) is 16.2 Å². The van der Waals surface area contributed by atoms with Gasteiger partial charge in [-0.1, -0.05) is 12.1 Å². The van der Waals surface area contributed by atoms with Crippen LogP contribution in [0.5, 0.6) is 5.75 Å². The molecule has 2 heterocycles. The highest BCUT2D eigenvalue weighted by Gasteiger charge is 2.10. The number of pyridine rings is 1. The first-order valence-electron chi connectivity index (χ1n) is 6.26. The highest BCUT2D eigenvalue weighted by atomic mass is 16.3. The van der Waals surface area contributed by atoms with Crippen molar-refractivity contribution in [3.05, 3.63) is 41.3 Å². The molecule has 0 spiro atoms. The third-order valence-corrected chi connectivity index (χ3v) is 3.38. The Labute approximate surface area is 106 Å². The summed E-state index contributed by atoms with van der Waals surface area (Å²) in [5.74, 6) is 0.253. The van der Waals surface area contributed by atoms with Crippen LogP contribution in [-0.4, -0.2) is 41.2 Å². The first-order valence-corrected chi connectivity index (χ1v) is 6.26. The standard InChI is InChI=1S/C14H16N3O/c18-13-4-3-11(10-17-8-6-15-7-9-17)12-2-1-5-16-14(12)13/h1-5,18H,6-10H2/q-1. The zero-order valence-electron chi connectivity index (χ0n) is 10.2.